The average Bonchev–Trinajstić information content (AvgIpc) is 3.18. The molecule has 0 bridgehead atoms. The molecule has 152 valence electrons. The third-order valence-corrected chi connectivity index (χ3v) is 5.68. The molecule has 0 radical (unpaired) electrons. The van der Waals surface area contributed by atoms with Gasteiger partial charge in [0.25, 0.3) is 0 Å². The molecule has 2 aliphatic heterocycles. The molecule has 0 aliphatic carbocycles. The molecule has 0 saturated carbocycles. The maximum Gasteiger partial charge on any atom is 0.232 e. The lowest BCUT2D eigenvalue weighted by atomic mass is 9.84. The lowest BCUT2D eigenvalue weighted by Crippen LogP contribution is -2.54. The van der Waals surface area contributed by atoms with E-state index in [1.54, 1.807) is 17.0 Å². The molecule has 2 aromatic carbocycles. The van der Waals surface area contributed by atoms with Gasteiger partial charge in [-0.3, -0.25) is 9.69 Å². The Labute approximate surface area is 169 Å². The average molecular weight is 396 g/mol. The van der Waals surface area contributed by atoms with Crippen molar-refractivity contribution in [2.75, 3.05) is 18.5 Å². The highest BCUT2D eigenvalue weighted by Gasteiger charge is 2.41. The van der Waals surface area contributed by atoms with E-state index in [-0.39, 0.29) is 30.1 Å². The molecule has 2 heterocycles. The summed E-state index contributed by atoms with van der Waals surface area (Å²) in [5.41, 5.74) is 9.06. The second-order valence-electron chi connectivity index (χ2n) is 7.81. The highest BCUT2D eigenvalue weighted by molar-refractivity contribution is 5.99. The molecular formula is C22H25FN4O2. The van der Waals surface area contributed by atoms with Crippen LogP contribution in [0.3, 0.4) is 0 Å². The van der Waals surface area contributed by atoms with E-state index < -0.39 is 5.54 Å². The Bertz CT molecular complexity index is 954. The summed E-state index contributed by atoms with van der Waals surface area (Å²) in [6.45, 7) is 5.05. The summed E-state index contributed by atoms with van der Waals surface area (Å²) in [5.74, 6) is -0.0707. The van der Waals surface area contributed by atoms with Gasteiger partial charge >= 0.3 is 0 Å². The Balaban J connectivity index is 1.65. The van der Waals surface area contributed by atoms with Crippen molar-refractivity contribution in [1.82, 2.24) is 4.90 Å². The van der Waals surface area contributed by atoms with E-state index in [0.29, 0.717) is 13.2 Å². The summed E-state index contributed by atoms with van der Waals surface area (Å²) in [5, 5.41) is 3.31. The minimum Gasteiger partial charge on any atom is -0.379 e. The second-order valence-corrected chi connectivity index (χ2v) is 7.81. The van der Waals surface area contributed by atoms with Crippen molar-refractivity contribution in [2.45, 2.75) is 38.3 Å². The van der Waals surface area contributed by atoms with Crippen molar-refractivity contribution in [2.24, 2.45) is 10.7 Å². The third kappa shape index (κ3) is 3.70. The first-order valence-electron chi connectivity index (χ1n) is 9.75. The summed E-state index contributed by atoms with van der Waals surface area (Å²) in [6.07, 6.45) is 1.01. The smallest absolute Gasteiger partial charge is 0.232 e. The first-order valence-corrected chi connectivity index (χ1v) is 9.75. The lowest BCUT2D eigenvalue weighted by molar-refractivity contribution is -0.131. The molecule has 2 aromatic rings. The molecule has 6 nitrogen and oxygen atoms in total. The zero-order chi connectivity index (χ0) is 20.6. The van der Waals surface area contributed by atoms with Gasteiger partial charge in [0.15, 0.2) is 5.96 Å². The predicted octanol–water partition coefficient (Wildman–Crippen LogP) is 3.43. The highest BCUT2D eigenvalue weighted by Crippen LogP contribution is 2.38. The fraction of sp³-hybridized carbons (Fsp3) is 0.364. The van der Waals surface area contributed by atoms with E-state index in [4.69, 9.17) is 15.5 Å². The SMILES string of the molecule is Cc1c(Nc2ccc(F)cc2)cccc1[C@]1(C)CC(=O)N([C@@H]2CCOC2)C(N)=N1. The van der Waals surface area contributed by atoms with Gasteiger partial charge in [-0.2, -0.15) is 0 Å². The number of carbonyl (C=O) groups excluding carboxylic acids is 1. The van der Waals surface area contributed by atoms with Gasteiger partial charge < -0.3 is 15.8 Å². The van der Waals surface area contributed by atoms with Crippen LogP contribution >= 0.6 is 0 Å². The van der Waals surface area contributed by atoms with Gasteiger partial charge in [0, 0.05) is 18.0 Å². The predicted molar refractivity (Wildman–Crippen MR) is 111 cm³/mol. The molecule has 29 heavy (non-hydrogen) atoms. The number of amides is 1. The number of nitrogens with one attached hydrogen (secondary N) is 1. The standard InChI is InChI=1S/C22H25FN4O2/c1-14-18(4-3-5-19(14)25-16-8-6-15(23)7-9-16)22(2)12-20(28)27(21(24)26-22)17-10-11-29-13-17/h3-9,17,25H,10-13H2,1-2H3,(H2,24,26)/t17-,22+/m1/s1. The van der Waals surface area contributed by atoms with E-state index >= 15 is 0 Å². The number of carbonyl (C=O) groups is 1. The molecule has 7 heteroatoms. The number of halogens is 1. The number of hydrogen-bond acceptors (Lipinski definition) is 5. The maximum absolute atomic E-state index is 13.2. The molecule has 1 amide bonds. The van der Waals surface area contributed by atoms with Crippen LogP contribution in [0.5, 0.6) is 0 Å². The minimum absolute atomic E-state index is 0.0354. The van der Waals surface area contributed by atoms with Crippen LogP contribution in [-0.2, 0) is 15.1 Å². The van der Waals surface area contributed by atoms with Crippen molar-refractivity contribution < 1.29 is 13.9 Å². The van der Waals surface area contributed by atoms with E-state index in [1.807, 2.05) is 32.0 Å². The Morgan fingerprint density at radius 1 is 1.28 bits per heavy atom. The number of ether oxygens (including phenoxy) is 1. The van der Waals surface area contributed by atoms with Crippen LogP contribution in [0.4, 0.5) is 15.8 Å². The summed E-state index contributed by atoms with van der Waals surface area (Å²) < 4.78 is 18.6. The number of anilines is 2. The maximum atomic E-state index is 13.2. The summed E-state index contributed by atoms with van der Waals surface area (Å²) in [6, 6.07) is 12.0. The van der Waals surface area contributed by atoms with Crippen LogP contribution < -0.4 is 11.1 Å². The van der Waals surface area contributed by atoms with Gasteiger partial charge in [-0.15, -0.1) is 0 Å². The first-order chi connectivity index (χ1) is 13.9. The molecule has 1 fully saturated rings. The molecule has 2 aliphatic rings. The summed E-state index contributed by atoms with van der Waals surface area (Å²) in [4.78, 5) is 19.3. The normalized spacial score (nSPS) is 24.5. The Morgan fingerprint density at radius 3 is 2.69 bits per heavy atom. The molecule has 0 spiro atoms. The molecule has 4 rings (SSSR count). The van der Waals surface area contributed by atoms with Crippen molar-refractivity contribution in [3.63, 3.8) is 0 Å². The summed E-state index contributed by atoms with van der Waals surface area (Å²) in [7, 11) is 0. The number of guanidine groups is 1. The monoisotopic (exact) mass is 396 g/mol. The zero-order valence-corrected chi connectivity index (χ0v) is 16.6. The summed E-state index contributed by atoms with van der Waals surface area (Å²) >= 11 is 0. The molecule has 0 aromatic heterocycles. The van der Waals surface area contributed by atoms with Crippen LogP contribution in [0.2, 0.25) is 0 Å². The molecule has 3 N–H and O–H groups in total. The highest BCUT2D eigenvalue weighted by atomic mass is 19.1. The second kappa shape index (κ2) is 7.48. The van der Waals surface area contributed by atoms with Gasteiger partial charge in [0.1, 0.15) is 5.82 Å². The van der Waals surface area contributed by atoms with Crippen LogP contribution in [0.15, 0.2) is 47.5 Å². The quantitative estimate of drug-likeness (QED) is 0.830. The van der Waals surface area contributed by atoms with Crippen LogP contribution in [0.25, 0.3) is 0 Å². The van der Waals surface area contributed by atoms with E-state index in [0.717, 1.165) is 28.9 Å². The fourth-order valence-electron chi connectivity index (χ4n) is 4.17. The van der Waals surface area contributed by atoms with Crippen molar-refractivity contribution >= 4 is 23.2 Å². The number of nitrogens with zero attached hydrogens (tertiary/aromatic N) is 2. The molecular weight excluding hydrogens is 371 g/mol. The van der Waals surface area contributed by atoms with Crippen LogP contribution in [-0.4, -0.2) is 36.0 Å². The van der Waals surface area contributed by atoms with Gasteiger partial charge in [0.2, 0.25) is 5.91 Å². The van der Waals surface area contributed by atoms with Gasteiger partial charge in [-0.1, -0.05) is 12.1 Å². The van der Waals surface area contributed by atoms with E-state index in [1.165, 1.54) is 12.1 Å². The minimum atomic E-state index is -0.748. The van der Waals surface area contributed by atoms with Crippen LogP contribution in [0, 0.1) is 12.7 Å². The number of aliphatic imine (C=N–C) groups is 1. The number of rotatable bonds is 4. The van der Waals surface area contributed by atoms with Crippen molar-refractivity contribution in [3.8, 4) is 0 Å². The number of hydrogen-bond donors (Lipinski definition) is 2. The molecule has 0 unspecified atom stereocenters. The molecule has 1 saturated heterocycles. The third-order valence-electron chi connectivity index (χ3n) is 5.68. The Hall–Kier alpha value is -2.93. The first kappa shape index (κ1) is 19.4. The number of nitrogens with two attached hydrogens (primary N) is 1. The van der Waals surface area contributed by atoms with Crippen LogP contribution in [0.1, 0.15) is 30.9 Å². The van der Waals surface area contributed by atoms with Gasteiger partial charge in [0.05, 0.1) is 24.6 Å². The molecule has 2 atom stereocenters. The van der Waals surface area contributed by atoms with Crippen molar-refractivity contribution in [1.29, 1.82) is 0 Å². The number of benzene rings is 2. The largest absolute Gasteiger partial charge is 0.379 e. The topological polar surface area (TPSA) is 80.0 Å². The Kier molecular flexibility index (Phi) is 5.00. The van der Waals surface area contributed by atoms with E-state index in [2.05, 4.69) is 5.32 Å². The van der Waals surface area contributed by atoms with Crippen molar-refractivity contribution in [3.05, 3.63) is 59.4 Å². The zero-order valence-electron chi connectivity index (χ0n) is 16.6. The fourth-order valence-corrected chi connectivity index (χ4v) is 4.17. The lowest BCUT2D eigenvalue weighted by Gasteiger charge is -2.38. The van der Waals surface area contributed by atoms with Gasteiger partial charge in [-0.25, -0.2) is 9.38 Å². The van der Waals surface area contributed by atoms with E-state index in [9.17, 15) is 9.18 Å². The Morgan fingerprint density at radius 2 is 2.03 bits per heavy atom. The van der Waals surface area contributed by atoms with Gasteiger partial charge in [-0.05, 0) is 61.7 Å².